The van der Waals surface area contributed by atoms with Gasteiger partial charge in [-0.15, -0.1) is 10.2 Å². The largest absolute Gasteiger partial charge is 0.469 e. The second kappa shape index (κ2) is 7.27. The van der Waals surface area contributed by atoms with Crippen molar-refractivity contribution in [2.45, 2.75) is 51.8 Å². The number of carbonyl (C=O) groups excluding carboxylic acids is 1. The van der Waals surface area contributed by atoms with Crippen LogP contribution in [-0.4, -0.2) is 37.1 Å². The smallest absolute Gasteiger partial charge is 0.250 e. The Bertz CT molecular complexity index is 815. The second-order valence-electron chi connectivity index (χ2n) is 6.73. The molecule has 2 aliphatic rings. The summed E-state index contributed by atoms with van der Waals surface area (Å²) in [5.74, 6) is 2.30. The second-order valence-corrected chi connectivity index (χ2v) is 6.73. The predicted octanol–water partition coefficient (Wildman–Crippen LogP) is 2.66. The van der Waals surface area contributed by atoms with Crippen LogP contribution < -0.4 is 4.74 Å². The molecule has 1 aliphatic heterocycles. The number of amides is 1. The fourth-order valence-electron chi connectivity index (χ4n) is 3.61. The van der Waals surface area contributed by atoms with Crippen LogP contribution in [0.5, 0.6) is 5.88 Å². The van der Waals surface area contributed by atoms with Crippen LogP contribution in [0.15, 0.2) is 36.0 Å². The maximum absolute atomic E-state index is 12.9. The summed E-state index contributed by atoms with van der Waals surface area (Å²) < 4.78 is 7.76. The van der Waals surface area contributed by atoms with E-state index >= 15 is 0 Å². The standard InChI is InChI=1S/C19H23N5O2/c1-14-18-22-21-16(13-26-17-9-5-6-10-20-17)24(18)12-11-23(14)19(25)15-7-3-2-4-8-15/h5-7,9-10,14H,2-4,8,11-13H2,1H3/t14-/m1/s1. The molecule has 0 bridgehead atoms. The predicted molar refractivity (Wildman–Crippen MR) is 95.3 cm³/mol. The van der Waals surface area contributed by atoms with Gasteiger partial charge in [0.2, 0.25) is 11.8 Å². The monoisotopic (exact) mass is 353 g/mol. The van der Waals surface area contributed by atoms with Crippen molar-refractivity contribution < 1.29 is 9.53 Å². The molecule has 2 aromatic rings. The number of hydrogen-bond acceptors (Lipinski definition) is 5. The van der Waals surface area contributed by atoms with E-state index in [4.69, 9.17) is 4.74 Å². The first-order valence-corrected chi connectivity index (χ1v) is 9.20. The van der Waals surface area contributed by atoms with E-state index in [1.807, 2.05) is 30.0 Å². The molecule has 136 valence electrons. The lowest BCUT2D eigenvalue weighted by Crippen LogP contribution is -2.42. The van der Waals surface area contributed by atoms with Crippen molar-refractivity contribution in [2.75, 3.05) is 6.54 Å². The molecule has 0 radical (unpaired) electrons. The van der Waals surface area contributed by atoms with E-state index in [-0.39, 0.29) is 11.9 Å². The molecule has 0 fully saturated rings. The fourth-order valence-corrected chi connectivity index (χ4v) is 3.61. The third kappa shape index (κ3) is 3.21. The van der Waals surface area contributed by atoms with Gasteiger partial charge in [0.1, 0.15) is 6.61 Å². The van der Waals surface area contributed by atoms with Gasteiger partial charge in [0.25, 0.3) is 0 Å². The number of carbonyl (C=O) groups is 1. The molecule has 0 saturated carbocycles. The Morgan fingerprint density at radius 2 is 2.19 bits per heavy atom. The van der Waals surface area contributed by atoms with Gasteiger partial charge in [-0.25, -0.2) is 4.98 Å². The number of ether oxygens (including phenoxy) is 1. The van der Waals surface area contributed by atoms with Gasteiger partial charge in [0.05, 0.1) is 6.04 Å². The fraction of sp³-hybridized carbons (Fsp3) is 0.474. The maximum Gasteiger partial charge on any atom is 0.250 e. The SMILES string of the molecule is C[C@@H]1c2nnc(COc3ccccn3)n2CCN1C(=O)C1=CCCCC1. The van der Waals surface area contributed by atoms with E-state index in [0.717, 1.165) is 36.5 Å². The van der Waals surface area contributed by atoms with Crippen LogP contribution in [0, 0.1) is 0 Å². The minimum absolute atomic E-state index is 0.0878. The molecule has 7 nitrogen and oxygen atoms in total. The number of aromatic nitrogens is 4. The minimum Gasteiger partial charge on any atom is -0.469 e. The van der Waals surface area contributed by atoms with Gasteiger partial charge in [-0.2, -0.15) is 0 Å². The van der Waals surface area contributed by atoms with Gasteiger partial charge in [0.15, 0.2) is 11.6 Å². The molecule has 0 N–H and O–H groups in total. The number of hydrogen-bond donors (Lipinski definition) is 0. The van der Waals surface area contributed by atoms with E-state index in [2.05, 4.69) is 25.8 Å². The summed E-state index contributed by atoms with van der Waals surface area (Å²) in [7, 11) is 0. The number of pyridine rings is 1. The molecule has 1 atom stereocenters. The molecule has 0 aromatic carbocycles. The van der Waals surface area contributed by atoms with Gasteiger partial charge in [-0.3, -0.25) is 4.79 Å². The molecule has 26 heavy (non-hydrogen) atoms. The Kier molecular flexibility index (Phi) is 4.69. The summed E-state index contributed by atoms with van der Waals surface area (Å²) in [6.07, 6.45) is 7.97. The molecule has 0 saturated heterocycles. The van der Waals surface area contributed by atoms with Crippen LogP contribution in [0.2, 0.25) is 0 Å². The Morgan fingerprint density at radius 3 is 2.96 bits per heavy atom. The average Bonchev–Trinajstić information content (AvgIpc) is 3.12. The molecular formula is C19H23N5O2. The molecule has 4 rings (SSSR count). The van der Waals surface area contributed by atoms with Crippen LogP contribution in [-0.2, 0) is 17.9 Å². The van der Waals surface area contributed by atoms with Crippen LogP contribution >= 0.6 is 0 Å². The van der Waals surface area contributed by atoms with E-state index in [9.17, 15) is 4.79 Å². The Labute approximate surface area is 152 Å². The van der Waals surface area contributed by atoms with Gasteiger partial charge in [0, 0.05) is 30.9 Å². The van der Waals surface area contributed by atoms with Crippen molar-refractivity contribution in [3.05, 3.63) is 47.7 Å². The highest BCUT2D eigenvalue weighted by atomic mass is 16.5. The van der Waals surface area contributed by atoms with Gasteiger partial charge < -0.3 is 14.2 Å². The highest BCUT2D eigenvalue weighted by Crippen LogP contribution is 2.28. The van der Waals surface area contributed by atoms with E-state index in [1.54, 1.807) is 6.20 Å². The summed E-state index contributed by atoms with van der Waals surface area (Å²) in [4.78, 5) is 18.9. The van der Waals surface area contributed by atoms with Gasteiger partial charge >= 0.3 is 0 Å². The molecular weight excluding hydrogens is 330 g/mol. The lowest BCUT2D eigenvalue weighted by Gasteiger charge is -2.34. The average molecular weight is 353 g/mol. The van der Waals surface area contributed by atoms with E-state index < -0.39 is 0 Å². The molecule has 2 aromatic heterocycles. The zero-order valence-corrected chi connectivity index (χ0v) is 15.0. The van der Waals surface area contributed by atoms with Crippen LogP contribution in [0.3, 0.4) is 0 Å². The van der Waals surface area contributed by atoms with E-state index in [1.165, 1.54) is 6.42 Å². The molecule has 3 heterocycles. The van der Waals surface area contributed by atoms with Crippen molar-refractivity contribution in [1.82, 2.24) is 24.6 Å². The highest BCUT2D eigenvalue weighted by molar-refractivity contribution is 5.93. The zero-order chi connectivity index (χ0) is 17.9. The van der Waals surface area contributed by atoms with Gasteiger partial charge in [-0.05, 0) is 38.7 Å². The lowest BCUT2D eigenvalue weighted by atomic mass is 9.98. The summed E-state index contributed by atoms with van der Waals surface area (Å²) >= 11 is 0. The zero-order valence-electron chi connectivity index (χ0n) is 15.0. The number of rotatable bonds is 4. The van der Waals surface area contributed by atoms with Crippen molar-refractivity contribution >= 4 is 5.91 Å². The third-order valence-electron chi connectivity index (χ3n) is 5.08. The summed E-state index contributed by atoms with van der Waals surface area (Å²) in [6, 6.07) is 5.46. The Morgan fingerprint density at radius 1 is 1.27 bits per heavy atom. The quantitative estimate of drug-likeness (QED) is 0.845. The maximum atomic E-state index is 12.9. The number of nitrogens with zero attached hydrogens (tertiary/aromatic N) is 5. The molecule has 1 aliphatic carbocycles. The van der Waals surface area contributed by atoms with E-state index in [0.29, 0.717) is 25.6 Å². The molecule has 7 heteroatoms. The number of allylic oxidation sites excluding steroid dienone is 1. The first-order chi connectivity index (χ1) is 12.7. The highest BCUT2D eigenvalue weighted by Gasteiger charge is 2.32. The van der Waals surface area contributed by atoms with Crippen molar-refractivity contribution in [1.29, 1.82) is 0 Å². The lowest BCUT2D eigenvalue weighted by molar-refractivity contribution is -0.130. The summed E-state index contributed by atoms with van der Waals surface area (Å²) in [5, 5.41) is 8.60. The van der Waals surface area contributed by atoms with Gasteiger partial charge in [-0.1, -0.05) is 12.1 Å². The van der Waals surface area contributed by atoms with Crippen molar-refractivity contribution in [2.24, 2.45) is 0 Å². The third-order valence-corrected chi connectivity index (χ3v) is 5.08. The Hall–Kier alpha value is -2.70. The van der Waals surface area contributed by atoms with Crippen molar-refractivity contribution in [3.63, 3.8) is 0 Å². The van der Waals surface area contributed by atoms with Crippen molar-refractivity contribution in [3.8, 4) is 5.88 Å². The van der Waals surface area contributed by atoms with Crippen LogP contribution in [0.25, 0.3) is 0 Å². The summed E-state index contributed by atoms with van der Waals surface area (Å²) in [5.41, 5.74) is 0.953. The topological polar surface area (TPSA) is 73.1 Å². The van der Waals surface area contributed by atoms with Crippen LogP contribution in [0.1, 0.15) is 50.3 Å². The summed E-state index contributed by atoms with van der Waals surface area (Å²) in [6.45, 7) is 3.69. The van der Waals surface area contributed by atoms with Crippen LogP contribution in [0.4, 0.5) is 0 Å². The first-order valence-electron chi connectivity index (χ1n) is 9.20. The normalized spacial score (nSPS) is 19.7. The molecule has 1 amide bonds. The molecule has 0 spiro atoms. The number of fused-ring (bicyclic) bond motifs is 1. The molecule has 0 unspecified atom stereocenters. The first kappa shape index (κ1) is 16.8. The minimum atomic E-state index is -0.0878. The Balaban J connectivity index is 1.47.